The number of thioether (sulfide) groups is 1. The van der Waals surface area contributed by atoms with Crippen molar-refractivity contribution in [1.82, 2.24) is 10.1 Å². The Labute approximate surface area is 101 Å². The van der Waals surface area contributed by atoms with Crippen LogP contribution in [-0.4, -0.2) is 15.4 Å². The minimum Gasteiger partial charge on any atom is -0.337 e. The predicted octanol–water partition coefficient (Wildman–Crippen LogP) is 2.69. The molecule has 0 saturated heterocycles. The highest BCUT2D eigenvalue weighted by atomic mass is 32.2. The fraction of sp³-hybridized carbons (Fsp3) is 0.818. The number of nitrogens with zero attached hydrogens (tertiary/aromatic N) is 2. The highest BCUT2D eigenvalue weighted by Crippen LogP contribution is 2.22. The maximum Gasteiger partial charge on any atom is 0.246 e. The fourth-order valence-corrected chi connectivity index (χ4v) is 2.01. The Hall–Kier alpha value is -0.550. The zero-order valence-corrected chi connectivity index (χ0v) is 11.3. The van der Waals surface area contributed by atoms with Gasteiger partial charge in [-0.3, -0.25) is 0 Å². The van der Waals surface area contributed by atoms with Gasteiger partial charge in [-0.1, -0.05) is 32.3 Å². The Kier molecular flexibility index (Phi) is 4.80. The van der Waals surface area contributed by atoms with Gasteiger partial charge in [0.25, 0.3) is 0 Å². The van der Waals surface area contributed by atoms with Gasteiger partial charge in [-0.15, -0.1) is 0 Å². The minimum atomic E-state index is -0.498. The van der Waals surface area contributed by atoms with Gasteiger partial charge in [-0.25, -0.2) is 0 Å². The van der Waals surface area contributed by atoms with Crippen molar-refractivity contribution in [3.63, 3.8) is 0 Å². The van der Waals surface area contributed by atoms with Gasteiger partial charge in [0.15, 0.2) is 5.82 Å². The molecular weight excluding hydrogens is 222 g/mol. The Morgan fingerprint density at radius 3 is 2.75 bits per heavy atom. The topological polar surface area (TPSA) is 64.9 Å². The van der Waals surface area contributed by atoms with Crippen LogP contribution in [-0.2, 0) is 11.3 Å². The van der Waals surface area contributed by atoms with Crippen molar-refractivity contribution >= 4 is 11.8 Å². The van der Waals surface area contributed by atoms with Crippen molar-refractivity contribution in [1.29, 1.82) is 0 Å². The van der Waals surface area contributed by atoms with Gasteiger partial charge in [0.05, 0.1) is 11.3 Å². The van der Waals surface area contributed by atoms with Crippen LogP contribution in [0.1, 0.15) is 52.3 Å². The van der Waals surface area contributed by atoms with Crippen LogP contribution in [0.25, 0.3) is 0 Å². The summed E-state index contributed by atoms with van der Waals surface area (Å²) >= 11 is 1.80. The van der Waals surface area contributed by atoms with Gasteiger partial charge in [0.1, 0.15) is 0 Å². The number of hydrogen-bond donors (Lipinski definition) is 1. The molecule has 0 aromatic carbocycles. The van der Waals surface area contributed by atoms with Crippen molar-refractivity contribution in [2.45, 2.75) is 57.1 Å². The lowest BCUT2D eigenvalue weighted by Gasteiger charge is -2.18. The maximum atomic E-state index is 6.11. The predicted molar refractivity (Wildman–Crippen MR) is 67.2 cm³/mol. The first-order chi connectivity index (χ1) is 7.45. The van der Waals surface area contributed by atoms with Crippen LogP contribution < -0.4 is 5.73 Å². The molecule has 1 aromatic heterocycles. The summed E-state index contributed by atoms with van der Waals surface area (Å²) < 4.78 is 5.21. The zero-order chi connectivity index (χ0) is 12.2. The first kappa shape index (κ1) is 13.5. The van der Waals surface area contributed by atoms with Gasteiger partial charge in [0.2, 0.25) is 5.89 Å². The summed E-state index contributed by atoms with van der Waals surface area (Å²) in [5, 5.41) is 4.52. The molecule has 0 amide bonds. The van der Waals surface area contributed by atoms with Crippen LogP contribution in [0.3, 0.4) is 0 Å². The standard InChI is InChI=1S/C11H21N3OS/c1-5-6-11(4,12)10-13-9(14-15-10)7-16-8(2)3/h8H,5-7,12H2,1-4H3. The molecule has 16 heavy (non-hydrogen) atoms. The molecule has 0 aliphatic heterocycles. The van der Waals surface area contributed by atoms with E-state index in [-0.39, 0.29) is 0 Å². The zero-order valence-electron chi connectivity index (χ0n) is 10.5. The quantitative estimate of drug-likeness (QED) is 0.832. The van der Waals surface area contributed by atoms with Gasteiger partial charge >= 0.3 is 0 Å². The number of nitrogens with two attached hydrogens (primary N) is 1. The lowest BCUT2D eigenvalue weighted by molar-refractivity contribution is 0.282. The summed E-state index contributed by atoms with van der Waals surface area (Å²) in [6.07, 6.45) is 1.86. The summed E-state index contributed by atoms with van der Waals surface area (Å²) in [7, 11) is 0. The minimum absolute atomic E-state index is 0.498. The first-order valence-corrected chi connectivity index (χ1v) is 6.74. The van der Waals surface area contributed by atoms with E-state index in [4.69, 9.17) is 10.3 Å². The van der Waals surface area contributed by atoms with Crippen LogP contribution in [0.5, 0.6) is 0 Å². The second kappa shape index (κ2) is 5.68. The van der Waals surface area contributed by atoms with Crippen LogP contribution >= 0.6 is 11.8 Å². The molecule has 4 nitrogen and oxygen atoms in total. The van der Waals surface area contributed by atoms with E-state index in [0.29, 0.717) is 11.1 Å². The normalized spacial score (nSPS) is 15.4. The Morgan fingerprint density at radius 1 is 1.50 bits per heavy atom. The fourth-order valence-electron chi connectivity index (χ4n) is 1.41. The Bertz CT molecular complexity index is 323. The number of aromatic nitrogens is 2. The molecule has 1 rings (SSSR count). The van der Waals surface area contributed by atoms with Crippen LogP contribution in [0.4, 0.5) is 0 Å². The summed E-state index contributed by atoms with van der Waals surface area (Å²) in [6, 6.07) is 0. The molecule has 0 fully saturated rings. The van der Waals surface area contributed by atoms with E-state index in [2.05, 4.69) is 30.9 Å². The lowest BCUT2D eigenvalue weighted by atomic mass is 9.98. The molecule has 0 bridgehead atoms. The van der Waals surface area contributed by atoms with E-state index >= 15 is 0 Å². The van der Waals surface area contributed by atoms with Crippen LogP contribution in [0.2, 0.25) is 0 Å². The van der Waals surface area contributed by atoms with E-state index in [1.54, 1.807) is 11.8 Å². The molecule has 2 N–H and O–H groups in total. The van der Waals surface area contributed by atoms with Crippen LogP contribution in [0.15, 0.2) is 4.52 Å². The van der Waals surface area contributed by atoms with E-state index in [0.717, 1.165) is 24.4 Å². The third-order valence-electron chi connectivity index (χ3n) is 2.27. The number of hydrogen-bond acceptors (Lipinski definition) is 5. The van der Waals surface area contributed by atoms with E-state index < -0.39 is 5.54 Å². The molecule has 0 aliphatic carbocycles. The average molecular weight is 243 g/mol. The van der Waals surface area contributed by atoms with Crippen molar-refractivity contribution in [3.8, 4) is 0 Å². The largest absolute Gasteiger partial charge is 0.337 e. The van der Waals surface area contributed by atoms with E-state index in [1.807, 2.05) is 6.92 Å². The molecule has 0 spiro atoms. The van der Waals surface area contributed by atoms with Crippen molar-refractivity contribution < 1.29 is 4.52 Å². The average Bonchev–Trinajstić information content (AvgIpc) is 2.63. The molecule has 0 aliphatic rings. The molecular formula is C11H21N3OS. The second-order valence-electron chi connectivity index (χ2n) is 4.54. The van der Waals surface area contributed by atoms with Gasteiger partial charge in [0, 0.05) is 0 Å². The monoisotopic (exact) mass is 243 g/mol. The molecule has 1 unspecified atom stereocenters. The highest BCUT2D eigenvalue weighted by molar-refractivity contribution is 7.99. The third-order valence-corrected chi connectivity index (χ3v) is 3.36. The SMILES string of the molecule is CCCC(C)(N)c1nc(CSC(C)C)no1. The second-order valence-corrected chi connectivity index (χ2v) is 6.11. The maximum absolute atomic E-state index is 6.11. The highest BCUT2D eigenvalue weighted by Gasteiger charge is 2.27. The Morgan fingerprint density at radius 2 is 2.19 bits per heavy atom. The molecule has 1 atom stereocenters. The van der Waals surface area contributed by atoms with Crippen molar-refractivity contribution in [2.75, 3.05) is 0 Å². The summed E-state index contributed by atoms with van der Waals surface area (Å²) in [5.41, 5.74) is 5.62. The molecule has 0 radical (unpaired) electrons. The smallest absolute Gasteiger partial charge is 0.246 e. The van der Waals surface area contributed by atoms with Gasteiger partial charge in [-0.2, -0.15) is 16.7 Å². The number of rotatable bonds is 6. The molecule has 5 heteroatoms. The molecule has 1 heterocycles. The van der Waals surface area contributed by atoms with Gasteiger partial charge in [-0.05, 0) is 18.6 Å². The third kappa shape index (κ3) is 3.79. The molecule has 0 saturated carbocycles. The van der Waals surface area contributed by atoms with Crippen molar-refractivity contribution in [2.24, 2.45) is 5.73 Å². The summed E-state index contributed by atoms with van der Waals surface area (Å²) in [5.74, 6) is 2.07. The van der Waals surface area contributed by atoms with E-state index in [9.17, 15) is 0 Å². The molecule has 92 valence electrons. The molecule has 1 aromatic rings. The van der Waals surface area contributed by atoms with Gasteiger partial charge < -0.3 is 10.3 Å². The summed E-state index contributed by atoms with van der Waals surface area (Å²) in [6.45, 7) is 8.33. The van der Waals surface area contributed by atoms with Crippen molar-refractivity contribution in [3.05, 3.63) is 11.7 Å². The summed E-state index contributed by atoms with van der Waals surface area (Å²) in [4.78, 5) is 4.35. The lowest BCUT2D eigenvalue weighted by Crippen LogP contribution is -2.33. The van der Waals surface area contributed by atoms with E-state index in [1.165, 1.54) is 0 Å². The Balaban J connectivity index is 2.63. The first-order valence-electron chi connectivity index (χ1n) is 5.69. The van der Waals surface area contributed by atoms with Crippen LogP contribution in [0, 0.1) is 0 Å².